The van der Waals surface area contributed by atoms with E-state index in [-0.39, 0.29) is 111 Å². The van der Waals surface area contributed by atoms with E-state index in [9.17, 15) is 39.1 Å². The third-order valence-electron chi connectivity index (χ3n) is 14.2. The zero-order valence-corrected chi connectivity index (χ0v) is 53.0. The van der Waals surface area contributed by atoms with Gasteiger partial charge in [-0.3, -0.25) is 19.2 Å². The summed E-state index contributed by atoms with van der Waals surface area (Å²) in [7, 11) is 0.795. The van der Waals surface area contributed by atoms with E-state index in [2.05, 4.69) is 52.2 Å². The Morgan fingerprint density at radius 3 is 1.60 bits per heavy atom. The first-order valence-electron chi connectivity index (χ1n) is 27.1. The van der Waals surface area contributed by atoms with Crippen molar-refractivity contribution >= 4 is 129 Å². The van der Waals surface area contributed by atoms with E-state index in [1.54, 1.807) is 18.0 Å². The van der Waals surface area contributed by atoms with E-state index in [1.165, 1.54) is 55.9 Å². The summed E-state index contributed by atoms with van der Waals surface area (Å²) in [5, 5.41) is 65.5. The number of hydrogen-bond donors (Lipinski definition) is 6. The number of aliphatic hydroxyl groups excluding tert-OH is 4. The van der Waals surface area contributed by atoms with Crippen molar-refractivity contribution in [1.29, 1.82) is 0 Å². The normalized spacial score (nSPS) is 18.6. The molecule has 0 radical (unpaired) electrons. The second-order valence-electron chi connectivity index (χ2n) is 20.4. The Morgan fingerprint density at radius 1 is 0.695 bits per heavy atom. The van der Waals surface area contributed by atoms with Crippen LogP contribution in [-0.2, 0) is 55.6 Å². The van der Waals surface area contributed by atoms with Crippen molar-refractivity contribution in [3.05, 3.63) is 72.2 Å². The van der Waals surface area contributed by atoms with Crippen LogP contribution in [0.4, 0.5) is 0 Å². The van der Waals surface area contributed by atoms with Crippen molar-refractivity contribution < 1.29 is 106 Å². The molecule has 82 heavy (non-hydrogen) atoms. The number of rotatable bonds is 31. The number of hydrogen-bond acceptors (Lipinski definition) is 22. The van der Waals surface area contributed by atoms with Gasteiger partial charge in [0.2, 0.25) is 0 Å². The van der Waals surface area contributed by atoms with Crippen LogP contribution in [0.25, 0.3) is 21.9 Å². The monoisotopic (exact) mass is 1280 g/mol. The minimum absolute atomic E-state index is 0. The van der Waals surface area contributed by atoms with E-state index >= 15 is 0 Å². The summed E-state index contributed by atoms with van der Waals surface area (Å²) in [5.74, 6) is 3.52. The Balaban J connectivity index is 0.000000405. The molecule has 6 N–H and O–H groups in total. The number of ketones is 2. The molecule has 452 valence electrons. The van der Waals surface area contributed by atoms with Gasteiger partial charge in [0.15, 0.2) is 0 Å². The molecule has 2 aromatic carbocycles. The number of ether oxygens (including phenoxy) is 2. The van der Waals surface area contributed by atoms with Crippen molar-refractivity contribution in [1.82, 2.24) is 0 Å². The summed E-state index contributed by atoms with van der Waals surface area (Å²) in [5.41, 5.74) is 3.61. The first-order chi connectivity index (χ1) is 38.8. The van der Waals surface area contributed by atoms with Crippen molar-refractivity contribution in [2.24, 2.45) is 17.3 Å². The van der Waals surface area contributed by atoms with Crippen LogP contribution in [0.15, 0.2) is 69.9 Å². The van der Waals surface area contributed by atoms with E-state index in [1.807, 2.05) is 48.7 Å². The number of esters is 2. The number of carbonyl (C=O) groups excluding carboxylic acids is 5. The summed E-state index contributed by atoms with van der Waals surface area (Å²) in [4.78, 5) is 55.1. The maximum atomic E-state index is 12.9. The third-order valence-corrected chi connectivity index (χ3v) is 18.9. The molecule has 4 aromatic rings. The number of aliphatic carboxylic acids is 1. The van der Waals surface area contributed by atoms with Gasteiger partial charge in [-0.05, 0) is 122 Å². The van der Waals surface area contributed by atoms with Crippen LogP contribution in [-0.4, -0.2) is 178 Å². The number of furan rings is 2. The number of para-hydroxylation sites is 2. The quantitative estimate of drug-likeness (QED) is 0.0181. The largest absolute Gasteiger partial charge is 1.00 e. The second kappa shape index (κ2) is 41.6. The second-order valence-corrected chi connectivity index (χ2v) is 25.3. The fourth-order valence-corrected chi connectivity index (χ4v) is 13.0. The number of thioether (sulfide) groups is 4. The molecule has 4 fully saturated rings. The molecule has 2 bridgehead atoms. The number of carbonyl (C=O) groups is 5. The summed E-state index contributed by atoms with van der Waals surface area (Å²) < 4.78 is 33.2. The Morgan fingerprint density at radius 2 is 1.16 bits per heavy atom. The molecule has 2 aromatic heterocycles. The number of methoxy groups -OCH3 is 2. The summed E-state index contributed by atoms with van der Waals surface area (Å²) >= 11 is 8.70. The van der Waals surface area contributed by atoms with Gasteiger partial charge in [-0.25, -0.2) is 0 Å². The van der Waals surface area contributed by atoms with E-state index in [0.29, 0.717) is 72.4 Å². The molecule has 3 heterocycles. The van der Waals surface area contributed by atoms with Crippen molar-refractivity contribution in [3.8, 4) is 0 Å². The Bertz CT molecular complexity index is 2470. The smallest absolute Gasteiger partial charge is 0.549 e. The van der Waals surface area contributed by atoms with Gasteiger partial charge in [-0.1, -0.05) is 66.2 Å². The molecule has 3 saturated carbocycles. The molecule has 1 aliphatic heterocycles. The van der Waals surface area contributed by atoms with Crippen LogP contribution >= 0.6 is 63.0 Å². The van der Waals surface area contributed by atoms with Gasteiger partial charge >= 0.3 is 45.0 Å². The molecule has 26 heteroatoms. The van der Waals surface area contributed by atoms with Gasteiger partial charge in [0.05, 0.1) is 61.7 Å². The summed E-state index contributed by atoms with van der Waals surface area (Å²) in [6, 6.07) is 15.6. The molecule has 0 spiro atoms. The minimum atomic E-state index is -1.55. The van der Waals surface area contributed by atoms with Gasteiger partial charge in [0, 0.05) is 67.4 Å². The Kier molecular flexibility index (Phi) is 38.4. The summed E-state index contributed by atoms with van der Waals surface area (Å²) in [6.07, 6.45) is 10.2. The molecular weight excluding hydrogens is 1200 g/mol. The fourth-order valence-electron chi connectivity index (χ4n) is 9.76. The van der Waals surface area contributed by atoms with Gasteiger partial charge in [-0.2, -0.15) is 47.0 Å². The molecule has 0 unspecified atom stereocenters. The molecule has 3 aliphatic carbocycles. The molecule has 0 amide bonds. The van der Waals surface area contributed by atoms with Crippen molar-refractivity contribution in [3.63, 3.8) is 0 Å². The van der Waals surface area contributed by atoms with Crippen LogP contribution in [0, 0.1) is 17.3 Å². The van der Waals surface area contributed by atoms with Gasteiger partial charge < -0.3 is 68.0 Å². The number of carboxylic acid groups (broad SMARTS) is 1. The zero-order chi connectivity index (χ0) is 59.8. The topological polar surface area (TPSA) is 293 Å². The van der Waals surface area contributed by atoms with E-state index < -0.39 is 18.9 Å². The number of Topliss-reactive ketones (excluding diaryl/α,β-unsaturated/α-hetero) is 2. The molecule has 4 aliphatic rings. The predicted molar refractivity (Wildman–Crippen MR) is 326 cm³/mol. The number of halogens is 1. The number of aliphatic hydroxyl groups is 4. The molecule has 8 rings (SSSR count). The number of fused-ring (bicyclic) bond motifs is 2. The first-order valence-corrected chi connectivity index (χ1v) is 32.8. The first kappa shape index (κ1) is 75.7. The van der Waals surface area contributed by atoms with Gasteiger partial charge in [0.1, 0.15) is 28.1 Å². The third kappa shape index (κ3) is 25.9. The van der Waals surface area contributed by atoms with Crippen LogP contribution in [0.2, 0.25) is 11.6 Å². The van der Waals surface area contributed by atoms with Crippen LogP contribution in [0.5, 0.6) is 0 Å². The van der Waals surface area contributed by atoms with Crippen molar-refractivity contribution in [2.45, 2.75) is 108 Å². The maximum Gasteiger partial charge on any atom is 1.00 e. The van der Waals surface area contributed by atoms with E-state index in [4.69, 9.17) is 38.6 Å². The number of benzene rings is 2. The Labute approximate surface area is 520 Å². The van der Waals surface area contributed by atoms with Gasteiger partial charge in [-0.15, -0.1) is 0 Å². The molecule has 6 atom stereocenters. The maximum absolute atomic E-state index is 12.9. The molecular formula is C56H82B2BrLiO18S4. The van der Waals surface area contributed by atoms with E-state index in [0.717, 1.165) is 69.6 Å². The average molecular weight is 1280 g/mol. The fraction of sp³-hybridized carbons (Fsp3) is 0.625. The number of carboxylic acids is 1. The predicted octanol–water partition coefficient (Wildman–Crippen LogP) is 3.73. The van der Waals surface area contributed by atoms with Crippen LogP contribution in [0.1, 0.15) is 83.3 Å². The zero-order valence-electron chi connectivity index (χ0n) is 48.2. The number of alkyl halides is 1. The average Bonchev–Trinajstić information content (AvgIpc) is 2.19. The summed E-state index contributed by atoms with van der Waals surface area (Å²) in [6.45, 7) is 7.56. The van der Waals surface area contributed by atoms with Crippen LogP contribution < -0.4 is 24.0 Å². The SMILES string of the molecule is CC1(C)[C@@H]2C[C@H]3OB([C@@H](CC(=O)CSCCCO)Cc4coc5ccccc45)O[C@@]3(C)[C@H]1C2.COC(=O)CBr.COC(=O)CSCCCO.O=C(CSCCCO)C[C@@H](Cc1coc2ccccc12)B(O)O.O=C([O-])CSCCCO.[Li+]. The van der Waals surface area contributed by atoms with Gasteiger partial charge in [0.25, 0.3) is 0 Å². The molecule has 1 saturated heterocycles. The Hall–Kier alpha value is -2.44. The standard InChI is InChI=1S/C26H35BO5S.C16H21BO5S.C6H12O3S.C5H10O3S.C3H5BrO2.Li/c1-25(2)18-12-23(25)26(3)24(13-18)31-27(32-26)19(14-20(29)16-33-10-6-9-28)11-17-15-30-22-8-5-4-7-21(17)22;18-6-3-7-23-11-14(19)9-13(17(20)21)8-12-10-22-16-5-2-1-4-15(12)16;1-9-6(8)5-10-4-2-3-7;6-2-1-3-9-4-5(7)8;1-6-3(5)2-4;/h4-5,7-8,15,18-19,23-24,28H,6,9-14,16H2,1-3H3;1-2,4-5,10,13,18,20-21H,3,6-9,11H2;7H,2-5H2,1H3;6H,1-4H2,(H,7,8);2H2,1H3;/q;;;;;+1/p-1/t18-,19+,23-,24+,26-;13-;;;;/m01..../s1. The molecule has 18 nitrogen and oxygen atoms in total. The van der Waals surface area contributed by atoms with Crippen LogP contribution in [0.3, 0.4) is 0 Å². The minimum Gasteiger partial charge on any atom is -0.549 e. The van der Waals surface area contributed by atoms with Crippen molar-refractivity contribution in [2.75, 3.05) is 92.0 Å².